The summed E-state index contributed by atoms with van der Waals surface area (Å²) in [6.07, 6.45) is 0. The highest BCUT2D eigenvalue weighted by molar-refractivity contribution is 5.72. The van der Waals surface area contributed by atoms with Crippen molar-refractivity contribution in [2.75, 3.05) is 0 Å². The van der Waals surface area contributed by atoms with Crippen LogP contribution in [0.15, 0.2) is 34.7 Å². The fourth-order valence-corrected chi connectivity index (χ4v) is 2.46. The molecule has 1 aliphatic rings. The van der Waals surface area contributed by atoms with Gasteiger partial charge in [0.05, 0.1) is 0 Å². The van der Waals surface area contributed by atoms with Gasteiger partial charge in [0.1, 0.15) is 0 Å². The first-order valence-corrected chi connectivity index (χ1v) is 6.37. The molecule has 0 aliphatic carbocycles. The van der Waals surface area contributed by atoms with Crippen LogP contribution >= 0.6 is 0 Å². The van der Waals surface area contributed by atoms with E-state index in [0.29, 0.717) is 11.5 Å². The lowest BCUT2D eigenvalue weighted by Gasteiger charge is -1.99. The summed E-state index contributed by atoms with van der Waals surface area (Å²) in [7, 11) is 0. The second kappa shape index (κ2) is 3.90. The van der Waals surface area contributed by atoms with Crippen LogP contribution in [0.25, 0.3) is 22.7 Å². The number of fused-ring (bicyclic) bond motifs is 2. The second-order valence-corrected chi connectivity index (χ2v) is 4.88. The number of pyridine rings is 1. The van der Waals surface area contributed by atoms with Crippen molar-refractivity contribution in [3.05, 3.63) is 47.2 Å². The van der Waals surface area contributed by atoms with E-state index in [0.717, 1.165) is 29.9 Å². The fraction of sp³-hybridized carbons (Fsp3) is 0.200. The Balaban J connectivity index is 1.85. The first-order chi connectivity index (χ1) is 9.29. The lowest BCUT2D eigenvalue weighted by molar-refractivity contribution is 0.619. The smallest absolute Gasteiger partial charge is 0.228 e. The summed E-state index contributed by atoms with van der Waals surface area (Å²) in [6, 6.07) is 10.2. The first kappa shape index (κ1) is 10.7. The summed E-state index contributed by atoms with van der Waals surface area (Å²) in [5.41, 5.74) is 6.05. The Morgan fingerprint density at radius 2 is 1.95 bits per heavy atom. The van der Waals surface area contributed by atoms with E-state index in [1.165, 1.54) is 11.1 Å². The Kier molecular flexibility index (Phi) is 2.19. The molecular weight excluding hydrogens is 238 g/mol. The maximum absolute atomic E-state index is 5.77. The number of aromatic nitrogens is 2. The average molecular weight is 251 g/mol. The van der Waals surface area contributed by atoms with E-state index in [4.69, 9.17) is 4.42 Å². The molecule has 1 N–H and O–H groups in total. The van der Waals surface area contributed by atoms with Gasteiger partial charge in [0, 0.05) is 24.3 Å². The van der Waals surface area contributed by atoms with Gasteiger partial charge in [-0.3, -0.25) is 0 Å². The summed E-state index contributed by atoms with van der Waals surface area (Å²) >= 11 is 0. The van der Waals surface area contributed by atoms with E-state index in [1.807, 2.05) is 19.1 Å². The molecular formula is C15H13N3O. The van der Waals surface area contributed by atoms with E-state index < -0.39 is 0 Å². The topological polar surface area (TPSA) is 51.0 Å². The van der Waals surface area contributed by atoms with Crippen LogP contribution in [0.3, 0.4) is 0 Å². The summed E-state index contributed by atoms with van der Waals surface area (Å²) in [5.74, 6) is 0.641. The zero-order chi connectivity index (χ0) is 12.8. The van der Waals surface area contributed by atoms with Crippen LogP contribution in [0.1, 0.15) is 16.8 Å². The highest BCUT2D eigenvalue weighted by Crippen LogP contribution is 2.27. The molecule has 1 aromatic carbocycles. The molecule has 0 bridgehead atoms. The fourth-order valence-electron chi connectivity index (χ4n) is 2.46. The van der Waals surface area contributed by atoms with Gasteiger partial charge >= 0.3 is 0 Å². The van der Waals surface area contributed by atoms with Crippen LogP contribution in [-0.2, 0) is 13.1 Å². The van der Waals surface area contributed by atoms with Crippen molar-refractivity contribution in [3.63, 3.8) is 0 Å². The van der Waals surface area contributed by atoms with E-state index in [-0.39, 0.29) is 0 Å². The summed E-state index contributed by atoms with van der Waals surface area (Å²) < 4.78 is 5.77. The lowest BCUT2D eigenvalue weighted by atomic mass is 10.1. The van der Waals surface area contributed by atoms with Gasteiger partial charge in [0.25, 0.3) is 0 Å². The Hall–Kier alpha value is -2.20. The number of rotatable bonds is 1. The SMILES string of the molecule is Cc1ccc2oc(-c3ccc4c(c3)CNC4)nc2n1. The van der Waals surface area contributed by atoms with Gasteiger partial charge in [-0.25, -0.2) is 4.98 Å². The van der Waals surface area contributed by atoms with Crippen LogP contribution < -0.4 is 5.32 Å². The Morgan fingerprint density at radius 1 is 1.05 bits per heavy atom. The Morgan fingerprint density at radius 3 is 2.89 bits per heavy atom. The number of nitrogens with one attached hydrogen (secondary N) is 1. The van der Waals surface area contributed by atoms with Crippen LogP contribution in [0.5, 0.6) is 0 Å². The molecule has 0 atom stereocenters. The van der Waals surface area contributed by atoms with Crippen molar-refractivity contribution < 1.29 is 4.42 Å². The predicted molar refractivity (Wildman–Crippen MR) is 72.5 cm³/mol. The molecule has 3 heterocycles. The highest BCUT2D eigenvalue weighted by atomic mass is 16.3. The molecule has 0 radical (unpaired) electrons. The molecule has 1 aliphatic heterocycles. The van der Waals surface area contributed by atoms with Gasteiger partial charge in [-0.15, -0.1) is 0 Å². The molecule has 19 heavy (non-hydrogen) atoms. The van der Waals surface area contributed by atoms with Crippen LogP contribution in [0.4, 0.5) is 0 Å². The minimum Gasteiger partial charge on any atom is -0.434 e. The third-order valence-electron chi connectivity index (χ3n) is 3.48. The minimum atomic E-state index is 0.641. The number of hydrogen-bond acceptors (Lipinski definition) is 4. The third kappa shape index (κ3) is 1.72. The number of oxazole rings is 1. The van der Waals surface area contributed by atoms with Gasteiger partial charge < -0.3 is 9.73 Å². The van der Waals surface area contributed by atoms with Crippen molar-refractivity contribution in [2.45, 2.75) is 20.0 Å². The molecule has 0 unspecified atom stereocenters. The monoisotopic (exact) mass is 251 g/mol. The molecule has 0 saturated carbocycles. The van der Waals surface area contributed by atoms with E-state index >= 15 is 0 Å². The van der Waals surface area contributed by atoms with Crippen molar-refractivity contribution in [2.24, 2.45) is 0 Å². The van der Waals surface area contributed by atoms with E-state index in [9.17, 15) is 0 Å². The third-order valence-corrected chi connectivity index (χ3v) is 3.48. The number of aryl methyl sites for hydroxylation is 1. The Bertz CT molecular complexity index is 776. The maximum Gasteiger partial charge on any atom is 0.228 e. The molecule has 0 amide bonds. The molecule has 3 aromatic rings. The van der Waals surface area contributed by atoms with Crippen molar-refractivity contribution in [3.8, 4) is 11.5 Å². The molecule has 0 saturated heterocycles. The number of benzene rings is 1. The molecule has 0 spiro atoms. The molecule has 2 aromatic heterocycles. The molecule has 4 rings (SSSR count). The quantitative estimate of drug-likeness (QED) is 0.722. The van der Waals surface area contributed by atoms with Gasteiger partial charge in [0.15, 0.2) is 11.2 Å². The van der Waals surface area contributed by atoms with Gasteiger partial charge in [-0.2, -0.15) is 4.98 Å². The second-order valence-electron chi connectivity index (χ2n) is 4.88. The predicted octanol–water partition coefficient (Wildman–Crippen LogP) is 2.80. The zero-order valence-corrected chi connectivity index (χ0v) is 10.6. The van der Waals surface area contributed by atoms with Crippen molar-refractivity contribution in [1.29, 1.82) is 0 Å². The summed E-state index contributed by atoms with van der Waals surface area (Å²) in [5, 5.41) is 3.34. The van der Waals surface area contributed by atoms with E-state index in [2.05, 4.69) is 33.5 Å². The largest absolute Gasteiger partial charge is 0.434 e. The van der Waals surface area contributed by atoms with Crippen LogP contribution in [0.2, 0.25) is 0 Å². The lowest BCUT2D eigenvalue weighted by Crippen LogP contribution is -1.99. The molecule has 0 fully saturated rings. The van der Waals surface area contributed by atoms with Crippen molar-refractivity contribution in [1.82, 2.24) is 15.3 Å². The minimum absolute atomic E-state index is 0.641. The first-order valence-electron chi connectivity index (χ1n) is 6.37. The van der Waals surface area contributed by atoms with Gasteiger partial charge in [-0.05, 0) is 42.3 Å². The number of nitrogens with zero attached hydrogens (tertiary/aromatic N) is 2. The number of hydrogen-bond donors (Lipinski definition) is 1. The molecule has 94 valence electrons. The average Bonchev–Trinajstić information content (AvgIpc) is 3.02. The van der Waals surface area contributed by atoms with Crippen molar-refractivity contribution >= 4 is 11.2 Å². The highest BCUT2D eigenvalue weighted by Gasteiger charge is 2.14. The Labute approximate surface area is 110 Å². The molecule has 4 nitrogen and oxygen atoms in total. The summed E-state index contributed by atoms with van der Waals surface area (Å²) in [6.45, 7) is 3.82. The zero-order valence-electron chi connectivity index (χ0n) is 10.6. The standard InChI is InChI=1S/C15H13N3O/c1-9-2-5-13-14(17-9)18-15(19-13)10-3-4-11-7-16-8-12(11)6-10/h2-6,16H,7-8H2,1H3. The van der Waals surface area contributed by atoms with Gasteiger partial charge in [0.2, 0.25) is 5.89 Å². The van der Waals surface area contributed by atoms with Crippen LogP contribution in [0, 0.1) is 6.92 Å². The van der Waals surface area contributed by atoms with Gasteiger partial charge in [-0.1, -0.05) is 6.07 Å². The van der Waals surface area contributed by atoms with Crippen LogP contribution in [-0.4, -0.2) is 9.97 Å². The maximum atomic E-state index is 5.77. The normalized spacial score (nSPS) is 13.9. The summed E-state index contributed by atoms with van der Waals surface area (Å²) in [4.78, 5) is 8.85. The van der Waals surface area contributed by atoms with E-state index in [1.54, 1.807) is 0 Å². The molecule has 4 heteroatoms.